The lowest BCUT2D eigenvalue weighted by Crippen LogP contribution is -2.34. The van der Waals surface area contributed by atoms with Crippen molar-refractivity contribution in [2.75, 3.05) is 0 Å². The summed E-state index contributed by atoms with van der Waals surface area (Å²) in [5.41, 5.74) is 0.988. The van der Waals surface area contributed by atoms with Gasteiger partial charge in [0.05, 0.1) is 11.3 Å². The van der Waals surface area contributed by atoms with Crippen LogP contribution in [0.2, 0.25) is 0 Å². The summed E-state index contributed by atoms with van der Waals surface area (Å²) >= 11 is 0. The van der Waals surface area contributed by atoms with Gasteiger partial charge in [0.1, 0.15) is 0 Å². The number of sulfonamides is 1. The Morgan fingerprint density at radius 3 is 2.15 bits per heavy atom. The first-order chi connectivity index (χ1) is 9.02. The van der Waals surface area contributed by atoms with Crippen LogP contribution in [0.5, 0.6) is 0 Å². The van der Waals surface area contributed by atoms with Gasteiger partial charge in [0.25, 0.3) is 0 Å². The number of aliphatic carboxylic acids is 1. The van der Waals surface area contributed by atoms with Crippen LogP contribution in [0.3, 0.4) is 0 Å². The van der Waals surface area contributed by atoms with E-state index in [1.165, 1.54) is 19.1 Å². The SMILES string of the molecule is CC(CC(=O)O)NS(=O)(=O)c1ccc(C(C)(C)C)cc1. The fourth-order valence-corrected chi connectivity index (χ4v) is 3.01. The quantitative estimate of drug-likeness (QED) is 0.872. The van der Waals surface area contributed by atoms with E-state index in [1.807, 2.05) is 20.8 Å². The van der Waals surface area contributed by atoms with E-state index in [-0.39, 0.29) is 16.7 Å². The van der Waals surface area contributed by atoms with Crippen molar-refractivity contribution in [2.45, 2.75) is 50.5 Å². The molecule has 20 heavy (non-hydrogen) atoms. The van der Waals surface area contributed by atoms with E-state index in [4.69, 9.17) is 5.11 Å². The van der Waals surface area contributed by atoms with Crippen LogP contribution in [0.15, 0.2) is 29.2 Å². The average molecular weight is 299 g/mol. The van der Waals surface area contributed by atoms with Crippen molar-refractivity contribution in [2.24, 2.45) is 0 Å². The number of carboxylic acids is 1. The summed E-state index contributed by atoms with van der Waals surface area (Å²) in [6.07, 6.45) is -0.251. The maximum atomic E-state index is 12.1. The molecule has 1 aromatic rings. The zero-order chi connectivity index (χ0) is 15.6. The summed E-state index contributed by atoms with van der Waals surface area (Å²) in [5, 5.41) is 8.64. The molecule has 1 atom stereocenters. The standard InChI is InChI=1S/C14H21NO4S/c1-10(9-13(16)17)15-20(18,19)12-7-5-11(6-8-12)14(2,3)4/h5-8,10,15H,9H2,1-4H3,(H,16,17). The van der Waals surface area contributed by atoms with E-state index in [2.05, 4.69) is 4.72 Å². The second-order valence-corrected chi connectivity index (χ2v) is 7.61. The van der Waals surface area contributed by atoms with E-state index < -0.39 is 22.0 Å². The van der Waals surface area contributed by atoms with Gasteiger partial charge in [-0.05, 0) is 30.0 Å². The van der Waals surface area contributed by atoms with Crippen molar-refractivity contribution in [1.82, 2.24) is 4.72 Å². The summed E-state index contributed by atoms with van der Waals surface area (Å²) < 4.78 is 26.5. The highest BCUT2D eigenvalue weighted by Crippen LogP contribution is 2.23. The first-order valence-corrected chi connectivity index (χ1v) is 7.85. The van der Waals surface area contributed by atoms with Gasteiger partial charge in [0.15, 0.2) is 0 Å². The summed E-state index contributed by atoms with van der Waals surface area (Å²) in [7, 11) is -3.68. The minimum Gasteiger partial charge on any atom is -0.481 e. The molecule has 0 aromatic heterocycles. The van der Waals surface area contributed by atoms with Crippen LogP contribution in [0, 0.1) is 0 Å². The first kappa shape index (κ1) is 16.7. The van der Waals surface area contributed by atoms with Crippen LogP contribution in [0.4, 0.5) is 0 Å². The molecule has 2 N–H and O–H groups in total. The normalized spacial score (nSPS) is 14.0. The summed E-state index contributed by atoms with van der Waals surface area (Å²) in [4.78, 5) is 10.7. The fraction of sp³-hybridized carbons (Fsp3) is 0.500. The molecule has 0 saturated carbocycles. The number of nitrogens with one attached hydrogen (secondary N) is 1. The van der Waals surface area contributed by atoms with Gasteiger partial charge in [-0.1, -0.05) is 32.9 Å². The molecule has 112 valence electrons. The minimum absolute atomic E-state index is 0.0493. The molecular formula is C14H21NO4S. The molecule has 1 rings (SSSR count). The third-order valence-electron chi connectivity index (χ3n) is 2.87. The lowest BCUT2D eigenvalue weighted by molar-refractivity contribution is -0.137. The van der Waals surface area contributed by atoms with E-state index in [9.17, 15) is 13.2 Å². The van der Waals surface area contributed by atoms with E-state index >= 15 is 0 Å². The highest BCUT2D eigenvalue weighted by atomic mass is 32.2. The van der Waals surface area contributed by atoms with Gasteiger partial charge in [0, 0.05) is 6.04 Å². The largest absolute Gasteiger partial charge is 0.481 e. The monoisotopic (exact) mass is 299 g/mol. The van der Waals surface area contributed by atoms with Gasteiger partial charge in [-0.25, -0.2) is 13.1 Å². The zero-order valence-electron chi connectivity index (χ0n) is 12.2. The van der Waals surface area contributed by atoms with Crippen LogP contribution in [0.1, 0.15) is 39.7 Å². The lowest BCUT2D eigenvalue weighted by atomic mass is 9.87. The second kappa shape index (κ2) is 5.93. The van der Waals surface area contributed by atoms with E-state index in [1.54, 1.807) is 12.1 Å². The topological polar surface area (TPSA) is 83.5 Å². The Morgan fingerprint density at radius 1 is 1.25 bits per heavy atom. The highest BCUT2D eigenvalue weighted by Gasteiger charge is 2.20. The number of benzene rings is 1. The number of hydrogen-bond acceptors (Lipinski definition) is 3. The predicted molar refractivity (Wildman–Crippen MR) is 77.2 cm³/mol. The molecule has 5 nitrogen and oxygen atoms in total. The molecule has 0 aliphatic carbocycles. The molecule has 0 radical (unpaired) electrons. The number of carbonyl (C=O) groups is 1. The van der Waals surface area contributed by atoms with Crippen molar-refractivity contribution < 1.29 is 18.3 Å². The molecule has 1 unspecified atom stereocenters. The molecule has 0 spiro atoms. The Balaban J connectivity index is 2.91. The van der Waals surface area contributed by atoms with E-state index in [0.29, 0.717) is 0 Å². The van der Waals surface area contributed by atoms with Crippen molar-refractivity contribution >= 4 is 16.0 Å². The second-order valence-electron chi connectivity index (χ2n) is 5.89. The van der Waals surface area contributed by atoms with Gasteiger partial charge >= 0.3 is 5.97 Å². The summed E-state index contributed by atoms with van der Waals surface area (Å²) in [6.45, 7) is 7.66. The van der Waals surface area contributed by atoms with Gasteiger partial charge < -0.3 is 5.11 Å². The third kappa shape index (κ3) is 4.61. The Bertz CT molecular complexity index is 570. The molecule has 0 amide bonds. The van der Waals surface area contributed by atoms with Crippen molar-refractivity contribution in [3.63, 3.8) is 0 Å². The predicted octanol–water partition coefficient (Wildman–Crippen LogP) is 2.13. The number of hydrogen-bond donors (Lipinski definition) is 2. The Kier molecular flexibility index (Phi) is 4.94. The van der Waals surface area contributed by atoms with Crippen LogP contribution in [-0.2, 0) is 20.2 Å². The van der Waals surface area contributed by atoms with Crippen molar-refractivity contribution in [3.8, 4) is 0 Å². The van der Waals surface area contributed by atoms with Crippen LogP contribution in [0.25, 0.3) is 0 Å². The number of rotatable bonds is 5. The van der Waals surface area contributed by atoms with Gasteiger partial charge in [-0.3, -0.25) is 4.79 Å². The minimum atomic E-state index is -3.68. The molecule has 0 saturated heterocycles. The molecule has 0 bridgehead atoms. The van der Waals surface area contributed by atoms with Crippen molar-refractivity contribution in [3.05, 3.63) is 29.8 Å². The van der Waals surface area contributed by atoms with Gasteiger partial charge in [0.2, 0.25) is 10.0 Å². The van der Waals surface area contributed by atoms with Gasteiger partial charge in [-0.15, -0.1) is 0 Å². The third-order valence-corrected chi connectivity index (χ3v) is 4.47. The van der Waals surface area contributed by atoms with Crippen LogP contribution < -0.4 is 4.72 Å². The molecule has 0 heterocycles. The average Bonchev–Trinajstić information content (AvgIpc) is 2.26. The molecular weight excluding hydrogens is 278 g/mol. The smallest absolute Gasteiger partial charge is 0.304 e. The first-order valence-electron chi connectivity index (χ1n) is 6.37. The fourth-order valence-electron chi connectivity index (χ4n) is 1.77. The Morgan fingerprint density at radius 2 is 1.75 bits per heavy atom. The van der Waals surface area contributed by atoms with Gasteiger partial charge in [-0.2, -0.15) is 0 Å². The highest BCUT2D eigenvalue weighted by molar-refractivity contribution is 7.89. The molecule has 0 fully saturated rings. The van der Waals surface area contributed by atoms with Crippen molar-refractivity contribution in [1.29, 1.82) is 0 Å². The maximum Gasteiger partial charge on any atom is 0.304 e. The van der Waals surface area contributed by atoms with Crippen LogP contribution in [-0.4, -0.2) is 25.5 Å². The molecule has 6 heteroatoms. The lowest BCUT2D eigenvalue weighted by Gasteiger charge is -2.19. The summed E-state index contributed by atoms with van der Waals surface area (Å²) in [5.74, 6) is -1.04. The van der Waals surface area contributed by atoms with E-state index in [0.717, 1.165) is 5.56 Å². The molecule has 0 aliphatic heterocycles. The summed E-state index contributed by atoms with van der Waals surface area (Å²) in [6, 6.07) is 5.97. The zero-order valence-corrected chi connectivity index (χ0v) is 13.0. The molecule has 1 aromatic carbocycles. The number of carboxylic acid groups (broad SMARTS) is 1. The Labute approximate surface area is 120 Å². The molecule has 0 aliphatic rings. The Hall–Kier alpha value is -1.40. The maximum absolute atomic E-state index is 12.1. The van der Waals surface area contributed by atoms with Crippen LogP contribution >= 0.6 is 0 Å².